The van der Waals surface area contributed by atoms with Gasteiger partial charge in [0.2, 0.25) is 0 Å². The Labute approximate surface area is 78.6 Å². The molecule has 0 spiro atoms. The first-order valence-electron chi connectivity index (χ1n) is 4.00. The average Bonchev–Trinajstić information content (AvgIpc) is 2.65. The average molecular weight is 189 g/mol. The predicted molar refractivity (Wildman–Crippen MR) is 56.0 cm³/mol. The number of nitrogens with two attached hydrogens (primary N) is 1. The maximum Gasteiger partial charge on any atom is 0.191 e. The molecule has 0 fully saturated rings. The summed E-state index contributed by atoms with van der Waals surface area (Å²) in [6, 6.07) is 8.00. The lowest BCUT2D eigenvalue weighted by atomic mass is 10.2. The molecule has 13 heavy (non-hydrogen) atoms. The standard InChI is InChI=1S/C10H7NOS/c11-10-5-7-6-3-4-13-9(6)2-1-8(7)12-10/h1-5H,11H2. The summed E-state index contributed by atoms with van der Waals surface area (Å²) in [6.45, 7) is 0. The smallest absolute Gasteiger partial charge is 0.191 e. The van der Waals surface area contributed by atoms with E-state index in [1.807, 2.05) is 12.1 Å². The lowest BCUT2D eigenvalue weighted by molar-refractivity contribution is 0.637. The molecule has 0 radical (unpaired) electrons. The fourth-order valence-corrected chi connectivity index (χ4v) is 2.39. The molecule has 2 nitrogen and oxygen atoms in total. The van der Waals surface area contributed by atoms with Crippen LogP contribution < -0.4 is 5.73 Å². The van der Waals surface area contributed by atoms with E-state index in [4.69, 9.17) is 10.2 Å². The van der Waals surface area contributed by atoms with Gasteiger partial charge >= 0.3 is 0 Å². The summed E-state index contributed by atoms with van der Waals surface area (Å²) in [7, 11) is 0. The van der Waals surface area contributed by atoms with Gasteiger partial charge in [0.25, 0.3) is 0 Å². The van der Waals surface area contributed by atoms with Crippen LogP contribution in [0.25, 0.3) is 21.1 Å². The number of anilines is 1. The van der Waals surface area contributed by atoms with Crippen molar-refractivity contribution in [3.63, 3.8) is 0 Å². The van der Waals surface area contributed by atoms with Gasteiger partial charge < -0.3 is 10.2 Å². The van der Waals surface area contributed by atoms with Crippen LogP contribution in [0.1, 0.15) is 0 Å². The van der Waals surface area contributed by atoms with E-state index >= 15 is 0 Å². The normalized spacial score (nSPS) is 11.4. The minimum Gasteiger partial charge on any atom is -0.441 e. The second-order valence-electron chi connectivity index (χ2n) is 2.96. The molecule has 3 heteroatoms. The second kappa shape index (κ2) is 2.26. The van der Waals surface area contributed by atoms with Crippen molar-refractivity contribution < 1.29 is 4.42 Å². The van der Waals surface area contributed by atoms with Crippen molar-refractivity contribution in [3.8, 4) is 0 Å². The Morgan fingerprint density at radius 3 is 3.00 bits per heavy atom. The van der Waals surface area contributed by atoms with Crippen LogP contribution >= 0.6 is 11.3 Å². The third kappa shape index (κ3) is 0.876. The lowest BCUT2D eigenvalue weighted by Crippen LogP contribution is -1.75. The molecule has 3 rings (SSSR count). The summed E-state index contributed by atoms with van der Waals surface area (Å²) in [4.78, 5) is 0. The zero-order valence-electron chi connectivity index (χ0n) is 6.78. The van der Waals surface area contributed by atoms with Crippen molar-refractivity contribution in [3.05, 3.63) is 29.6 Å². The molecule has 0 aliphatic carbocycles. The molecule has 3 aromatic rings. The van der Waals surface area contributed by atoms with Crippen LogP contribution in [0.4, 0.5) is 5.88 Å². The van der Waals surface area contributed by atoms with Gasteiger partial charge in [0.15, 0.2) is 5.88 Å². The first kappa shape index (κ1) is 6.97. The first-order valence-corrected chi connectivity index (χ1v) is 4.88. The molecule has 0 aliphatic heterocycles. The number of hydrogen-bond acceptors (Lipinski definition) is 3. The highest BCUT2D eigenvalue weighted by atomic mass is 32.1. The number of nitrogen functional groups attached to an aromatic ring is 1. The molecule has 0 amide bonds. The zero-order chi connectivity index (χ0) is 8.84. The van der Waals surface area contributed by atoms with Gasteiger partial charge in [-0.05, 0) is 23.6 Å². The van der Waals surface area contributed by atoms with E-state index in [2.05, 4.69) is 17.5 Å². The molecule has 0 saturated carbocycles. The van der Waals surface area contributed by atoms with Crippen LogP contribution in [0.5, 0.6) is 0 Å². The second-order valence-corrected chi connectivity index (χ2v) is 3.91. The van der Waals surface area contributed by atoms with E-state index in [0.29, 0.717) is 5.88 Å². The molecule has 1 aromatic carbocycles. The monoisotopic (exact) mass is 189 g/mol. The third-order valence-electron chi connectivity index (χ3n) is 2.15. The predicted octanol–water partition coefficient (Wildman–Crippen LogP) is 3.23. The molecule has 0 unspecified atom stereocenters. The number of rotatable bonds is 0. The molecule has 0 atom stereocenters. The molecule has 64 valence electrons. The van der Waals surface area contributed by atoms with E-state index in [-0.39, 0.29) is 0 Å². The highest BCUT2D eigenvalue weighted by Crippen LogP contribution is 2.31. The highest BCUT2D eigenvalue weighted by molar-refractivity contribution is 7.17. The molecular weight excluding hydrogens is 182 g/mol. The maximum atomic E-state index is 5.59. The zero-order valence-corrected chi connectivity index (χ0v) is 7.60. The molecule has 0 saturated heterocycles. The lowest BCUT2D eigenvalue weighted by Gasteiger charge is -1.89. The third-order valence-corrected chi connectivity index (χ3v) is 3.03. The van der Waals surface area contributed by atoms with Gasteiger partial charge in [-0.3, -0.25) is 0 Å². The van der Waals surface area contributed by atoms with Gasteiger partial charge in [0, 0.05) is 21.5 Å². The van der Waals surface area contributed by atoms with Crippen molar-refractivity contribution in [1.29, 1.82) is 0 Å². The number of fused-ring (bicyclic) bond motifs is 3. The van der Waals surface area contributed by atoms with Gasteiger partial charge in [0.05, 0.1) is 0 Å². The van der Waals surface area contributed by atoms with Crippen molar-refractivity contribution in [2.75, 3.05) is 5.73 Å². The molecule has 2 heterocycles. The summed E-state index contributed by atoms with van der Waals surface area (Å²) in [5, 5.41) is 4.41. The van der Waals surface area contributed by atoms with Crippen LogP contribution in [0.2, 0.25) is 0 Å². The van der Waals surface area contributed by atoms with Gasteiger partial charge in [-0.1, -0.05) is 0 Å². The Morgan fingerprint density at radius 1 is 1.15 bits per heavy atom. The Kier molecular flexibility index (Phi) is 1.21. The van der Waals surface area contributed by atoms with Crippen molar-refractivity contribution in [2.24, 2.45) is 0 Å². The molecule has 0 aliphatic rings. The van der Waals surface area contributed by atoms with Crippen LogP contribution in [-0.4, -0.2) is 0 Å². The van der Waals surface area contributed by atoms with Gasteiger partial charge in [0.1, 0.15) is 5.58 Å². The molecule has 2 aromatic heterocycles. The Hall–Kier alpha value is -1.48. The van der Waals surface area contributed by atoms with Crippen molar-refractivity contribution in [2.45, 2.75) is 0 Å². The summed E-state index contributed by atoms with van der Waals surface area (Å²) in [5.41, 5.74) is 6.45. The van der Waals surface area contributed by atoms with E-state index in [0.717, 1.165) is 11.0 Å². The quantitative estimate of drug-likeness (QED) is 0.589. The topological polar surface area (TPSA) is 39.2 Å². The largest absolute Gasteiger partial charge is 0.441 e. The summed E-state index contributed by atoms with van der Waals surface area (Å²) < 4.78 is 6.60. The fourth-order valence-electron chi connectivity index (χ4n) is 1.58. The first-order chi connectivity index (χ1) is 6.34. The Bertz CT molecular complexity index is 579. The molecule has 0 bridgehead atoms. The number of hydrogen-bond donors (Lipinski definition) is 1. The SMILES string of the molecule is Nc1cc2c(ccc3sccc32)o1. The maximum absolute atomic E-state index is 5.59. The summed E-state index contributed by atoms with van der Waals surface area (Å²) in [5.74, 6) is 0.480. The molecular formula is C10H7NOS. The van der Waals surface area contributed by atoms with Crippen LogP contribution in [0.15, 0.2) is 34.1 Å². The van der Waals surface area contributed by atoms with E-state index in [1.54, 1.807) is 11.3 Å². The van der Waals surface area contributed by atoms with E-state index in [1.165, 1.54) is 10.1 Å². The van der Waals surface area contributed by atoms with Crippen LogP contribution in [0, 0.1) is 0 Å². The van der Waals surface area contributed by atoms with Gasteiger partial charge in [-0.2, -0.15) is 0 Å². The summed E-state index contributed by atoms with van der Waals surface area (Å²) >= 11 is 1.73. The Morgan fingerprint density at radius 2 is 2.08 bits per heavy atom. The minimum atomic E-state index is 0.480. The number of benzene rings is 1. The van der Waals surface area contributed by atoms with E-state index < -0.39 is 0 Å². The fraction of sp³-hybridized carbons (Fsp3) is 0. The van der Waals surface area contributed by atoms with Crippen molar-refractivity contribution in [1.82, 2.24) is 0 Å². The van der Waals surface area contributed by atoms with Crippen molar-refractivity contribution >= 4 is 38.3 Å². The van der Waals surface area contributed by atoms with Gasteiger partial charge in [-0.25, -0.2) is 0 Å². The summed E-state index contributed by atoms with van der Waals surface area (Å²) in [6.07, 6.45) is 0. The van der Waals surface area contributed by atoms with Crippen LogP contribution in [-0.2, 0) is 0 Å². The Balaban J connectivity index is 2.64. The minimum absolute atomic E-state index is 0.480. The van der Waals surface area contributed by atoms with Gasteiger partial charge in [-0.15, -0.1) is 11.3 Å². The van der Waals surface area contributed by atoms with E-state index in [9.17, 15) is 0 Å². The van der Waals surface area contributed by atoms with Crippen LogP contribution in [0.3, 0.4) is 0 Å². The number of furan rings is 1. The highest BCUT2D eigenvalue weighted by Gasteiger charge is 2.05. The number of thiophene rings is 1. The molecule has 2 N–H and O–H groups in total.